The molecule has 1 aliphatic rings. The normalized spacial score (nSPS) is 16.1. The molecule has 1 aliphatic heterocycles. The molecule has 0 spiro atoms. The van der Waals surface area contributed by atoms with Crippen LogP contribution < -0.4 is 15.5 Å². The van der Waals surface area contributed by atoms with Crippen LogP contribution in [0, 0.1) is 5.92 Å². The van der Waals surface area contributed by atoms with Crippen molar-refractivity contribution in [2.75, 3.05) is 29.4 Å². The summed E-state index contributed by atoms with van der Waals surface area (Å²) in [6, 6.07) is 16.3. The lowest BCUT2D eigenvalue weighted by atomic mass is 10.1. The second kappa shape index (κ2) is 9.96. The number of amides is 4. The zero-order chi connectivity index (χ0) is 22.5. The molecule has 164 valence electrons. The SMILES string of the molecule is CC(C)CN(CC(N)=O)C(=O)CC1CN(c2ccccc2)C(=O)N1c1ccccc1Br. The minimum absolute atomic E-state index is 0.0937. The van der Waals surface area contributed by atoms with E-state index in [2.05, 4.69) is 15.9 Å². The van der Waals surface area contributed by atoms with Crippen molar-refractivity contribution < 1.29 is 14.4 Å². The maximum absolute atomic E-state index is 13.4. The summed E-state index contributed by atoms with van der Waals surface area (Å²) >= 11 is 3.53. The minimum atomic E-state index is -0.551. The maximum Gasteiger partial charge on any atom is 0.329 e. The van der Waals surface area contributed by atoms with Crippen LogP contribution in [-0.2, 0) is 9.59 Å². The summed E-state index contributed by atoms with van der Waals surface area (Å²) < 4.78 is 0.770. The molecule has 31 heavy (non-hydrogen) atoms. The lowest BCUT2D eigenvalue weighted by molar-refractivity contribution is -0.135. The highest BCUT2D eigenvalue weighted by Gasteiger charge is 2.41. The Morgan fingerprint density at radius 1 is 1.13 bits per heavy atom. The molecule has 0 aliphatic carbocycles. The first-order chi connectivity index (χ1) is 14.8. The summed E-state index contributed by atoms with van der Waals surface area (Å²) in [6.07, 6.45) is 0.0937. The second-order valence-corrected chi connectivity index (χ2v) is 8.90. The second-order valence-electron chi connectivity index (χ2n) is 8.04. The quantitative estimate of drug-likeness (QED) is 0.617. The van der Waals surface area contributed by atoms with Gasteiger partial charge in [-0.25, -0.2) is 4.79 Å². The highest BCUT2D eigenvalue weighted by Crippen LogP contribution is 2.34. The van der Waals surface area contributed by atoms with E-state index < -0.39 is 5.91 Å². The van der Waals surface area contributed by atoms with Gasteiger partial charge in [0, 0.05) is 29.7 Å². The van der Waals surface area contributed by atoms with Crippen LogP contribution in [0.5, 0.6) is 0 Å². The number of anilines is 2. The minimum Gasteiger partial charge on any atom is -0.368 e. The topological polar surface area (TPSA) is 87.0 Å². The standard InChI is InChI=1S/C23H27BrN4O3/c1-16(2)13-26(15-21(25)29)22(30)12-18-14-27(17-8-4-3-5-9-17)23(31)28(18)20-11-7-6-10-19(20)24/h3-11,16,18H,12-15H2,1-2H3,(H2,25,29). The number of carbonyl (C=O) groups excluding carboxylic acids is 3. The van der Waals surface area contributed by atoms with Crippen molar-refractivity contribution >= 4 is 45.2 Å². The number of benzene rings is 2. The molecular formula is C23H27BrN4O3. The van der Waals surface area contributed by atoms with Crippen LogP contribution in [0.3, 0.4) is 0 Å². The highest BCUT2D eigenvalue weighted by molar-refractivity contribution is 9.10. The number of hydrogen-bond donors (Lipinski definition) is 1. The van der Waals surface area contributed by atoms with E-state index in [0.717, 1.165) is 10.2 Å². The van der Waals surface area contributed by atoms with Crippen molar-refractivity contribution in [3.05, 3.63) is 59.1 Å². The highest BCUT2D eigenvalue weighted by atomic mass is 79.9. The molecule has 1 unspecified atom stereocenters. The van der Waals surface area contributed by atoms with Crippen LogP contribution in [0.25, 0.3) is 0 Å². The van der Waals surface area contributed by atoms with E-state index in [1.165, 1.54) is 4.90 Å². The van der Waals surface area contributed by atoms with Crippen molar-refractivity contribution in [2.24, 2.45) is 11.7 Å². The van der Waals surface area contributed by atoms with Crippen LogP contribution >= 0.6 is 15.9 Å². The van der Waals surface area contributed by atoms with E-state index in [0.29, 0.717) is 18.8 Å². The van der Waals surface area contributed by atoms with Gasteiger partial charge in [0.25, 0.3) is 0 Å². The molecule has 2 aromatic carbocycles. The van der Waals surface area contributed by atoms with Crippen LogP contribution in [0.4, 0.5) is 16.2 Å². The lowest BCUT2D eigenvalue weighted by Crippen LogP contribution is -2.44. The molecular weight excluding hydrogens is 460 g/mol. The van der Waals surface area contributed by atoms with Gasteiger partial charge in [0.1, 0.15) is 0 Å². The molecule has 0 aromatic heterocycles. The van der Waals surface area contributed by atoms with Gasteiger partial charge in [-0.3, -0.25) is 19.4 Å². The van der Waals surface area contributed by atoms with Crippen LogP contribution in [0.1, 0.15) is 20.3 Å². The lowest BCUT2D eigenvalue weighted by Gasteiger charge is -2.28. The van der Waals surface area contributed by atoms with E-state index in [4.69, 9.17) is 5.73 Å². The molecule has 8 heteroatoms. The Kier molecular flexibility index (Phi) is 7.33. The van der Waals surface area contributed by atoms with Gasteiger partial charge in [-0.2, -0.15) is 0 Å². The fourth-order valence-corrected chi connectivity index (χ4v) is 4.27. The Balaban J connectivity index is 1.91. The molecule has 1 atom stereocenters. The number of carbonyl (C=O) groups is 3. The van der Waals surface area contributed by atoms with Gasteiger partial charge in [0.15, 0.2) is 0 Å². The van der Waals surface area contributed by atoms with Gasteiger partial charge < -0.3 is 10.6 Å². The molecule has 3 rings (SSSR count). The number of halogens is 1. The first kappa shape index (κ1) is 22.8. The Labute approximate surface area is 190 Å². The predicted octanol–water partition coefficient (Wildman–Crippen LogP) is 3.62. The fourth-order valence-electron chi connectivity index (χ4n) is 3.80. The molecule has 0 bridgehead atoms. The van der Waals surface area contributed by atoms with Crippen LogP contribution in [0.15, 0.2) is 59.1 Å². The molecule has 2 N–H and O–H groups in total. The smallest absolute Gasteiger partial charge is 0.329 e. The van der Waals surface area contributed by atoms with E-state index in [1.807, 2.05) is 68.4 Å². The Bertz CT molecular complexity index is 951. The molecule has 7 nitrogen and oxygen atoms in total. The van der Waals surface area contributed by atoms with E-state index in [-0.39, 0.29) is 36.9 Å². The molecule has 2 aromatic rings. The van der Waals surface area contributed by atoms with Crippen molar-refractivity contribution in [3.8, 4) is 0 Å². The number of para-hydroxylation sites is 2. The van der Waals surface area contributed by atoms with Crippen molar-refractivity contribution in [1.82, 2.24) is 4.90 Å². The van der Waals surface area contributed by atoms with Crippen LogP contribution in [-0.4, -0.2) is 48.4 Å². The molecule has 1 saturated heterocycles. The van der Waals surface area contributed by atoms with Gasteiger partial charge >= 0.3 is 6.03 Å². The van der Waals surface area contributed by atoms with E-state index in [9.17, 15) is 14.4 Å². The number of hydrogen-bond acceptors (Lipinski definition) is 3. The molecule has 4 amide bonds. The number of nitrogens with two attached hydrogens (primary N) is 1. The number of urea groups is 1. The third kappa shape index (κ3) is 5.44. The van der Waals surface area contributed by atoms with Crippen molar-refractivity contribution in [3.63, 3.8) is 0 Å². The first-order valence-corrected chi connectivity index (χ1v) is 11.0. The summed E-state index contributed by atoms with van der Waals surface area (Å²) in [5.41, 5.74) is 6.84. The van der Waals surface area contributed by atoms with Gasteiger partial charge in [0.2, 0.25) is 11.8 Å². The molecule has 1 fully saturated rings. The third-order valence-electron chi connectivity index (χ3n) is 5.07. The summed E-state index contributed by atoms with van der Waals surface area (Å²) in [5, 5.41) is 0. The van der Waals surface area contributed by atoms with Gasteiger partial charge in [-0.15, -0.1) is 0 Å². The third-order valence-corrected chi connectivity index (χ3v) is 5.74. The van der Waals surface area contributed by atoms with Gasteiger partial charge in [-0.1, -0.05) is 44.2 Å². The van der Waals surface area contributed by atoms with Crippen molar-refractivity contribution in [2.45, 2.75) is 26.3 Å². The summed E-state index contributed by atoms with van der Waals surface area (Å²) in [5.74, 6) is -0.559. The zero-order valence-corrected chi connectivity index (χ0v) is 19.3. The number of rotatable bonds is 8. The van der Waals surface area contributed by atoms with Gasteiger partial charge in [0.05, 0.1) is 18.3 Å². The number of primary amides is 1. The van der Waals surface area contributed by atoms with E-state index in [1.54, 1.807) is 9.80 Å². The average Bonchev–Trinajstić information content (AvgIpc) is 3.03. The largest absolute Gasteiger partial charge is 0.368 e. The molecule has 0 saturated carbocycles. The molecule has 0 radical (unpaired) electrons. The van der Waals surface area contributed by atoms with Gasteiger partial charge in [-0.05, 0) is 46.1 Å². The summed E-state index contributed by atoms with van der Waals surface area (Å²) in [6.45, 7) is 4.62. The first-order valence-electron chi connectivity index (χ1n) is 10.2. The zero-order valence-electron chi connectivity index (χ0n) is 17.7. The average molecular weight is 487 g/mol. The Morgan fingerprint density at radius 2 is 1.77 bits per heavy atom. The number of nitrogens with zero attached hydrogens (tertiary/aromatic N) is 3. The summed E-state index contributed by atoms with van der Waals surface area (Å²) in [4.78, 5) is 42.9. The van der Waals surface area contributed by atoms with E-state index >= 15 is 0 Å². The predicted molar refractivity (Wildman–Crippen MR) is 125 cm³/mol. The molecule has 1 heterocycles. The Hall–Kier alpha value is -2.87. The Morgan fingerprint density at radius 3 is 2.39 bits per heavy atom. The van der Waals surface area contributed by atoms with Crippen LogP contribution in [0.2, 0.25) is 0 Å². The fraction of sp³-hybridized carbons (Fsp3) is 0.348. The maximum atomic E-state index is 13.4. The monoisotopic (exact) mass is 486 g/mol. The summed E-state index contributed by atoms with van der Waals surface area (Å²) in [7, 11) is 0. The van der Waals surface area contributed by atoms with Crippen molar-refractivity contribution in [1.29, 1.82) is 0 Å².